The van der Waals surface area contributed by atoms with Gasteiger partial charge in [-0.2, -0.15) is 0 Å². The van der Waals surface area contributed by atoms with Crippen molar-refractivity contribution in [2.24, 2.45) is 5.92 Å². The Morgan fingerprint density at radius 1 is 0.976 bits per heavy atom. The van der Waals surface area contributed by atoms with Gasteiger partial charge < -0.3 is 10.0 Å². The molecule has 0 spiro atoms. The van der Waals surface area contributed by atoms with Crippen LogP contribution in [0.2, 0.25) is 0 Å². The van der Waals surface area contributed by atoms with E-state index in [0.29, 0.717) is 38.3 Å². The predicted molar refractivity (Wildman–Crippen MR) is 162 cm³/mol. The summed E-state index contributed by atoms with van der Waals surface area (Å²) in [7, 11) is 0. The van der Waals surface area contributed by atoms with Gasteiger partial charge in [-0.05, 0) is 51.8 Å². The van der Waals surface area contributed by atoms with Crippen LogP contribution >= 0.6 is 24.8 Å². The number of aryl methyl sites for hydroxylation is 1. The molecule has 41 heavy (non-hydrogen) atoms. The average molecular weight is 615 g/mol. The molecule has 2 aromatic carbocycles. The van der Waals surface area contributed by atoms with Crippen LogP contribution in [0, 0.1) is 24.5 Å². The van der Waals surface area contributed by atoms with E-state index in [1.165, 1.54) is 12.1 Å². The molecule has 1 N–H and O–H groups in total. The van der Waals surface area contributed by atoms with E-state index in [-0.39, 0.29) is 48.2 Å². The summed E-state index contributed by atoms with van der Waals surface area (Å²) in [6.45, 7) is 14.4. The first-order valence-electron chi connectivity index (χ1n) is 13.8. The Hall–Kier alpha value is -2.26. The number of likely N-dealkylation sites (tertiary alicyclic amines) is 1. The van der Waals surface area contributed by atoms with Gasteiger partial charge in [0.25, 0.3) is 0 Å². The van der Waals surface area contributed by atoms with Crippen LogP contribution in [0.5, 0.6) is 0 Å². The Bertz CT molecular complexity index is 1210. The minimum Gasteiger partial charge on any atom is -0.480 e. The van der Waals surface area contributed by atoms with Gasteiger partial charge in [-0.15, -0.1) is 24.8 Å². The highest BCUT2D eigenvalue weighted by Crippen LogP contribution is 2.39. The van der Waals surface area contributed by atoms with Crippen LogP contribution in [-0.2, 0) is 9.59 Å². The minimum absolute atomic E-state index is 0. The first-order chi connectivity index (χ1) is 18.3. The molecule has 0 aliphatic carbocycles. The van der Waals surface area contributed by atoms with Crippen LogP contribution in [0.4, 0.5) is 8.78 Å². The van der Waals surface area contributed by atoms with Gasteiger partial charge in [0.15, 0.2) is 0 Å². The third-order valence-electron chi connectivity index (χ3n) is 8.61. The van der Waals surface area contributed by atoms with Gasteiger partial charge in [0, 0.05) is 62.2 Å². The maximum atomic E-state index is 14.9. The molecule has 0 saturated carbocycles. The molecule has 2 heterocycles. The molecule has 2 saturated heterocycles. The lowest BCUT2D eigenvalue weighted by molar-refractivity contribution is -0.147. The normalized spacial score (nSPS) is 23.3. The summed E-state index contributed by atoms with van der Waals surface area (Å²) < 4.78 is 28.6. The Kier molecular flexibility index (Phi) is 11.8. The first-order valence-corrected chi connectivity index (χ1v) is 13.8. The molecular formula is C31H43Cl2F2N3O3. The van der Waals surface area contributed by atoms with E-state index >= 15 is 0 Å². The molecule has 6 nitrogen and oxygen atoms in total. The predicted octanol–water partition coefficient (Wildman–Crippen LogP) is 5.72. The fourth-order valence-electron chi connectivity index (χ4n) is 6.24. The van der Waals surface area contributed by atoms with Crippen molar-refractivity contribution in [3.63, 3.8) is 0 Å². The number of carboxylic acid groups (broad SMARTS) is 1. The highest BCUT2D eigenvalue weighted by Gasteiger charge is 2.46. The third-order valence-corrected chi connectivity index (χ3v) is 8.61. The Morgan fingerprint density at radius 2 is 1.61 bits per heavy atom. The maximum Gasteiger partial charge on any atom is 0.321 e. The number of carboxylic acids is 1. The van der Waals surface area contributed by atoms with E-state index in [2.05, 4.69) is 25.7 Å². The number of piperazine rings is 1. The van der Waals surface area contributed by atoms with E-state index in [1.54, 1.807) is 0 Å². The van der Waals surface area contributed by atoms with Gasteiger partial charge >= 0.3 is 5.97 Å². The monoisotopic (exact) mass is 613 g/mol. The van der Waals surface area contributed by atoms with Crippen molar-refractivity contribution in [3.8, 4) is 0 Å². The Labute approximate surface area is 254 Å². The zero-order valence-electron chi connectivity index (χ0n) is 24.6. The largest absolute Gasteiger partial charge is 0.480 e. The smallest absolute Gasteiger partial charge is 0.321 e. The minimum atomic E-state index is -0.876. The second-order valence-electron chi connectivity index (χ2n) is 12.3. The van der Waals surface area contributed by atoms with Gasteiger partial charge in [0.2, 0.25) is 5.91 Å². The van der Waals surface area contributed by atoms with Gasteiger partial charge in [0.1, 0.15) is 17.7 Å². The number of aliphatic carboxylic acids is 1. The summed E-state index contributed by atoms with van der Waals surface area (Å²) >= 11 is 0. The first kappa shape index (κ1) is 34.9. The number of hydrogen-bond donors (Lipinski definition) is 1. The number of carbonyl (C=O) groups is 2. The highest BCUT2D eigenvalue weighted by atomic mass is 35.5. The summed E-state index contributed by atoms with van der Waals surface area (Å²) in [6.07, 6.45) is 0. The van der Waals surface area contributed by atoms with Gasteiger partial charge in [-0.3, -0.25) is 19.4 Å². The molecule has 4 rings (SSSR count). The highest BCUT2D eigenvalue weighted by molar-refractivity contribution is 5.85. The molecule has 2 aliphatic heterocycles. The molecule has 0 aromatic heterocycles. The fourth-order valence-corrected chi connectivity index (χ4v) is 6.24. The number of carbonyl (C=O) groups excluding carboxylic acids is 1. The summed E-state index contributed by atoms with van der Waals surface area (Å²) in [5, 5.41) is 10.2. The molecule has 2 aliphatic rings. The van der Waals surface area contributed by atoms with Crippen LogP contribution in [0.15, 0.2) is 42.5 Å². The van der Waals surface area contributed by atoms with Gasteiger partial charge in [-0.25, -0.2) is 8.78 Å². The number of amides is 1. The van der Waals surface area contributed by atoms with Crippen LogP contribution < -0.4 is 0 Å². The summed E-state index contributed by atoms with van der Waals surface area (Å²) in [5.41, 5.74) is 2.24. The van der Waals surface area contributed by atoms with Crippen LogP contribution in [0.1, 0.15) is 63.1 Å². The number of halogens is 4. The second-order valence-corrected chi connectivity index (χ2v) is 12.3. The number of benzene rings is 2. The molecule has 0 bridgehead atoms. The standard InChI is InChI=1S/C31H41F2N3O3.2ClH/c1-19-7-9-22(10-8-19)21(3)28(30(38)39)34-13-14-36(20(2)16-34)29(37)26-18-35(31(4,5)6)17-25(26)24-12-11-23(32)15-27(24)33;;/h7-12,15,20-21,25-26,28H,13-14,16-18H2,1-6H3,(H,38,39);2*1H/t20-,21-,25-,26+,28-;;/m0../s1. The molecule has 0 radical (unpaired) electrons. The molecule has 2 aromatic rings. The Balaban J connectivity index is 0.00000294. The third kappa shape index (κ3) is 7.58. The van der Waals surface area contributed by atoms with Crippen molar-refractivity contribution in [1.82, 2.24) is 14.7 Å². The van der Waals surface area contributed by atoms with E-state index in [9.17, 15) is 23.5 Å². The molecule has 0 unspecified atom stereocenters. The topological polar surface area (TPSA) is 64.1 Å². The number of nitrogens with zero attached hydrogens (tertiary/aromatic N) is 3. The SMILES string of the molecule is Cc1ccc([C@H](C)[C@@H](C(=O)O)N2CCN(C(=O)[C@@H]3CN(C(C)(C)C)C[C@H]3c3ccc(F)cc3F)[C@@H](C)C2)cc1.Cl.Cl. The maximum absolute atomic E-state index is 14.9. The lowest BCUT2D eigenvalue weighted by Gasteiger charge is -2.44. The van der Waals surface area contributed by atoms with Crippen LogP contribution in [0.25, 0.3) is 0 Å². The van der Waals surface area contributed by atoms with E-state index in [4.69, 9.17) is 0 Å². The van der Waals surface area contributed by atoms with Crippen LogP contribution in [-0.4, -0.2) is 82.0 Å². The van der Waals surface area contributed by atoms with Crippen molar-refractivity contribution in [3.05, 3.63) is 70.8 Å². The summed E-state index contributed by atoms with van der Waals surface area (Å²) in [4.78, 5) is 32.4. The van der Waals surface area contributed by atoms with Crippen molar-refractivity contribution in [1.29, 1.82) is 0 Å². The lowest BCUT2D eigenvalue weighted by Crippen LogP contribution is -2.60. The molecule has 1 amide bonds. The van der Waals surface area contributed by atoms with E-state index in [0.717, 1.165) is 17.2 Å². The van der Waals surface area contributed by atoms with Gasteiger partial charge in [-0.1, -0.05) is 42.8 Å². The van der Waals surface area contributed by atoms with Gasteiger partial charge in [0.05, 0.1) is 5.92 Å². The summed E-state index contributed by atoms with van der Waals surface area (Å²) in [5.74, 6) is -3.28. The van der Waals surface area contributed by atoms with Crippen molar-refractivity contribution >= 4 is 36.7 Å². The molecule has 2 fully saturated rings. The lowest BCUT2D eigenvalue weighted by atomic mass is 9.86. The van der Waals surface area contributed by atoms with Crippen molar-refractivity contribution in [2.45, 2.75) is 71.0 Å². The molecule has 228 valence electrons. The second kappa shape index (κ2) is 13.8. The summed E-state index contributed by atoms with van der Waals surface area (Å²) in [6, 6.07) is 10.6. The Morgan fingerprint density at radius 3 is 2.15 bits per heavy atom. The molecular weight excluding hydrogens is 571 g/mol. The zero-order chi connectivity index (χ0) is 28.6. The number of rotatable bonds is 6. The van der Waals surface area contributed by atoms with Crippen LogP contribution in [0.3, 0.4) is 0 Å². The fraction of sp³-hybridized carbons (Fsp3) is 0.548. The van der Waals surface area contributed by atoms with Crippen molar-refractivity contribution < 1.29 is 23.5 Å². The average Bonchev–Trinajstić information content (AvgIpc) is 3.30. The van der Waals surface area contributed by atoms with Crippen molar-refractivity contribution in [2.75, 3.05) is 32.7 Å². The van der Waals surface area contributed by atoms with E-state index < -0.39 is 35.5 Å². The number of hydrogen-bond acceptors (Lipinski definition) is 4. The quantitative estimate of drug-likeness (QED) is 0.451. The van der Waals surface area contributed by atoms with E-state index in [1.807, 2.05) is 54.8 Å². The molecule has 5 atom stereocenters. The zero-order valence-corrected chi connectivity index (χ0v) is 26.3. The molecule has 10 heteroatoms.